The molecule has 0 aliphatic carbocycles. The third kappa shape index (κ3) is 3.39. The van der Waals surface area contributed by atoms with Gasteiger partial charge in [0.15, 0.2) is 0 Å². The molecule has 0 amide bonds. The molecule has 1 aliphatic heterocycles. The average molecular weight is 379 g/mol. The van der Waals surface area contributed by atoms with E-state index in [2.05, 4.69) is 21.4 Å². The predicted octanol–water partition coefficient (Wildman–Crippen LogP) is 2.82. The molecule has 2 unspecified atom stereocenters. The van der Waals surface area contributed by atoms with E-state index in [1.807, 2.05) is 35.7 Å². The molecule has 20 heavy (non-hydrogen) atoms. The molecule has 1 fully saturated rings. The van der Waals surface area contributed by atoms with Crippen LogP contribution in [0.1, 0.15) is 11.6 Å². The number of nitrogens with two attached hydrogens (primary N) is 1. The Hall–Kier alpha value is -0.0800. The Bertz CT molecular complexity index is 456. The van der Waals surface area contributed by atoms with Crippen molar-refractivity contribution < 1.29 is 9.47 Å². The quantitative estimate of drug-likeness (QED) is 0.606. The van der Waals surface area contributed by atoms with Gasteiger partial charge in [-0.2, -0.15) is 23.5 Å². The third-order valence-electron chi connectivity index (χ3n) is 3.24. The van der Waals surface area contributed by atoms with Gasteiger partial charge in [0.05, 0.1) is 20.3 Å². The van der Waals surface area contributed by atoms with Crippen molar-refractivity contribution in [2.75, 3.05) is 31.5 Å². The van der Waals surface area contributed by atoms with Gasteiger partial charge in [-0.15, -0.1) is 0 Å². The van der Waals surface area contributed by atoms with Crippen molar-refractivity contribution in [3.8, 4) is 11.5 Å². The lowest BCUT2D eigenvalue weighted by Crippen LogP contribution is -2.38. The fraction of sp³-hybridized carbons (Fsp3) is 0.538. The molecular formula is C13H19BrN2O2S2. The van der Waals surface area contributed by atoms with Gasteiger partial charge in [0.1, 0.15) is 16.0 Å². The van der Waals surface area contributed by atoms with E-state index in [4.69, 9.17) is 15.3 Å². The van der Waals surface area contributed by atoms with E-state index < -0.39 is 0 Å². The van der Waals surface area contributed by atoms with E-state index in [-0.39, 0.29) is 6.04 Å². The molecule has 1 aromatic carbocycles. The van der Waals surface area contributed by atoms with Crippen LogP contribution in [0, 0.1) is 0 Å². The molecular weight excluding hydrogens is 360 g/mol. The maximum atomic E-state index is 5.81. The van der Waals surface area contributed by atoms with Gasteiger partial charge >= 0.3 is 0 Å². The molecule has 2 atom stereocenters. The Morgan fingerprint density at radius 1 is 1.35 bits per heavy atom. The summed E-state index contributed by atoms with van der Waals surface area (Å²) in [5.41, 5.74) is 4.01. The molecule has 3 N–H and O–H groups in total. The summed E-state index contributed by atoms with van der Waals surface area (Å²) in [6.45, 7) is 0. The van der Waals surface area contributed by atoms with Crippen molar-refractivity contribution in [1.29, 1.82) is 0 Å². The van der Waals surface area contributed by atoms with Crippen LogP contribution < -0.4 is 20.7 Å². The summed E-state index contributed by atoms with van der Waals surface area (Å²) < 4.78 is 11.7. The number of thioether (sulfide) groups is 2. The summed E-state index contributed by atoms with van der Waals surface area (Å²) in [7, 11) is 3.31. The first kappa shape index (κ1) is 16.3. The highest BCUT2D eigenvalue weighted by molar-refractivity contribution is 9.10. The summed E-state index contributed by atoms with van der Waals surface area (Å²) in [6, 6.07) is 4.02. The first-order valence-corrected chi connectivity index (χ1v) is 9.28. The second kappa shape index (κ2) is 7.79. The molecule has 0 spiro atoms. The van der Waals surface area contributed by atoms with E-state index in [0.29, 0.717) is 5.25 Å². The summed E-state index contributed by atoms with van der Waals surface area (Å²) >= 11 is 7.48. The van der Waals surface area contributed by atoms with Crippen LogP contribution in [0.3, 0.4) is 0 Å². The Labute approximate surface area is 136 Å². The number of methoxy groups -OCH3 is 2. The van der Waals surface area contributed by atoms with Gasteiger partial charge in [-0.3, -0.25) is 11.3 Å². The van der Waals surface area contributed by atoms with Crippen molar-refractivity contribution in [3.63, 3.8) is 0 Å². The Kier molecular flexibility index (Phi) is 6.35. The van der Waals surface area contributed by atoms with E-state index in [1.54, 1.807) is 14.2 Å². The maximum absolute atomic E-state index is 5.81. The topological polar surface area (TPSA) is 56.5 Å². The van der Waals surface area contributed by atoms with E-state index >= 15 is 0 Å². The first-order valence-electron chi connectivity index (χ1n) is 6.28. The largest absolute Gasteiger partial charge is 0.495 e. The zero-order chi connectivity index (χ0) is 14.5. The smallest absolute Gasteiger partial charge is 0.141 e. The summed E-state index contributed by atoms with van der Waals surface area (Å²) in [6.07, 6.45) is 0. The van der Waals surface area contributed by atoms with Gasteiger partial charge in [0.25, 0.3) is 0 Å². The Balaban J connectivity index is 2.35. The number of nitrogens with one attached hydrogen (secondary N) is 1. The minimum atomic E-state index is 0.0601. The Morgan fingerprint density at radius 3 is 2.70 bits per heavy atom. The van der Waals surface area contributed by atoms with Crippen molar-refractivity contribution in [2.24, 2.45) is 5.84 Å². The van der Waals surface area contributed by atoms with Gasteiger partial charge in [-0.05, 0) is 28.1 Å². The average Bonchev–Trinajstić information content (AvgIpc) is 2.49. The van der Waals surface area contributed by atoms with Crippen molar-refractivity contribution in [2.45, 2.75) is 11.3 Å². The second-order valence-electron chi connectivity index (χ2n) is 4.33. The lowest BCUT2D eigenvalue weighted by Gasteiger charge is -2.30. The number of hydrazine groups is 1. The lowest BCUT2D eigenvalue weighted by molar-refractivity contribution is 0.379. The van der Waals surface area contributed by atoms with Crippen LogP contribution in [0.5, 0.6) is 11.5 Å². The summed E-state index contributed by atoms with van der Waals surface area (Å²) in [4.78, 5) is 0. The summed E-state index contributed by atoms with van der Waals surface area (Å²) in [5, 5.41) is 0.438. The fourth-order valence-corrected chi connectivity index (χ4v) is 5.79. The molecule has 7 heteroatoms. The molecule has 1 saturated heterocycles. The first-order chi connectivity index (χ1) is 9.72. The van der Waals surface area contributed by atoms with Crippen LogP contribution in [0.4, 0.5) is 0 Å². The van der Waals surface area contributed by atoms with Crippen molar-refractivity contribution >= 4 is 39.5 Å². The molecule has 1 aliphatic rings. The van der Waals surface area contributed by atoms with Crippen LogP contribution in [-0.4, -0.2) is 36.7 Å². The van der Waals surface area contributed by atoms with Crippen LogP contribution in [-0.2, 0) is 0 Å². The summed E-state index contributed by atoms with van der Waals surface area (Å²) in [5.74, 6) is 10.8. The minimum Gasteiger partial charge on any atom is -0.495 e. The van der Waals surface area contributed by atoms with Crippen LogP contribution in [0.2, 0.25) is 0 Å². The number of hydrogen-bond donors (Lipinski definition) is 2. The van der Waals surface area contributed by atoms with Gasteiger partial charge in [-0.1, -0.05) is 0 Å². The van der Waals surface area contributed by atoms with Crippen molar-refractivity contribution in [3.05, 3.63) is 22.2 Å². The number of hydrogen-bond acceptors (Lipinski definition) is 6. The zero-order valence-electron chi connectivity index (χ0n) is 11.5. The monoisotopic (exact) mass is 378 g/mol. The molecule has 1 aromatic rings. The van der Waals surface area contributed by atoms with Crippen LogP contribution >= 0.6 is 39.5 Å². The minimum absolute atomic E-state index is 0.0601. The molecule has 4 nitrogen and oxygen atoms in total. The number of halogens is 1. The normalized spacial score (nSPS) is 20.5. The van der Waals surface area contributed by atoms with Gasteiger partial charge in [0.2, 0.25) is 0 Å². The standard InChI is InChI=1S/C13H19BrN2O2S2/c1-17-9-4-3-8(13(18-2)11(9)14)12(16-15)10-7-19-5-6-20-10/h3-4,10,12,16H,5-7,15H2,1-2H3. The van der Waals surface area contributed by atoms with Crippen LogP contribution in [0.15, 0.2) is 16.6 Å². The second-order valence-corrected chi connectivity index (χ2v) is 7.62. The molecule has 0 saturated carbocycles. The predicted molar refractivity (Wildman–Crippen MR) is 90.9 cm³/mol. The highest BCUT2D eigenvalue weighted by atomic mass is 79.9. The SMILES string of the molecule is COc1ccc(C(NN)C2CSCCS2)c(OC)c1Br. The van der Waals surface area contributed by atoms with Gasteiger partial charge in [0, 0.05) is 28.1 Å². The number of ether oxygens (including phenoxy) is 2. The highest BCUT2D eigenvalue weighted by Crippen LogP contribution is 2.43. The molecule has 0 bridgehead atoms. The molecule has 0 aromatic heterocycles. The van der Waals surface area contributed by atoms with Gasteiger partial charge < -0.3 is 9.47 Å². The lowest BCUT2D eigenvalue weighted by atomic mass is 10.0. The number of rotatable bonds is 5. The van der Waals surface area contributed by atoms with Gasteiger partial charge in [-0.25, -0.2) is 0 Å². The Morgan fingerprint density at radius 2 is 2.15 bits per heavy atom. The van der Waals surface area contributed by atoms with Crippen molar-refractivity contribution in [1.82, 2.24) is 5.43 Å². The highest BCUT2D eigenvalue weighted by Gasteiger charge is 2.29. The number of benzene rings is 1. The van der Waals surface area contributed by atoms with Crippen LogP contribution in [0.25, 0.3) is 0 Å². The fourth-order valence-electron chi connectivity index (χ4n) is 2.26. The van der Waals surface area contributed by atoms with E-state index in [9.17, 15) is 0 Å². The third-order valence-corrected chi connectivity index (χ3v) is 6.86. The zero-order valence-corrected chi connectivity index (χ0v) is 14.7. The molecule has 1 heterocycles. The maximum Gasteiger partial charge on any atom is 0.141 e. The van der Waals surface area contributed by atoms with E-state index in [0.717, 1.165) is 33.0 Å². The molecule has 0 radical (unpaired) electrons. The van der Waals surface area contributed by atoms with E-state index in [1.165, 1.54) is 5.75 Å². The molecule has 2 rings (SSSR count). The molecule has 112 valence electrons.